The highest BCUT2D eigenvalue weighted by molar-refractivity contribution is 6.51. The Morgan fingerprint density at radius 1 is 1.10 bits per heavy atom. The van der Waals surface area contributed by atoms with Crippen LogP contribution in [0.15, 0.2) is 64.8 Å². The maximum atomic E-state index is 14.5. The standard InChI is InChI=1S/C21H14F2N2O4/c1-11-2-5-16(29-11)18-17(19(26)12-6-8-24-9-7-12)20(27)21(28)25(18)15-10-13(22)3-4-14(15)23/h2-10,18,26H,1H3/b19-17-. The van der Waals surface area contributed by atoms with E-state index in [0.29, 0.717) is 5.76 Å². The lowest BCUT2D eigenvalue weighted by Gasteiger charge is -2.23. The monoisotopic (exact) mass is 396 g/mol. The van der Waals surface area contributed by atoms with E-state index < -0.39 is 40.8 Å². The zero-order valence-corrected chi connectivity index (χ0v) is 15.1. The van der Waals surface area contributed by atoms with Gasteiger partial charge in [-0.2, -0.15) is 0 Å². The fraction of sp³-hybridized carbons (Fsp3) is 0.0952. The molecule has 0 saturated carbocycles. The van der Waals surface area contributed by atoms with Crippen LogP contribution in [0.1, 0.15) is 23.1 Å². The van der Waals surface area contributed by atoms with Gasteiger partial charge in [0, 0.05) is 24.0 Å². The Balaban J connectivity index is 1.98. The molecule has 0 aliphatic carbocycles. The first kappa shape index (κ1) is 18.5. The quantitative estimate of drug-likeness (QED) is 0.413. The zero-order valence-electron chi connectivity index (χ0n) is 15.1. The smallest absolute Gasteiger partial charge is 0.300 e. The molecule has 146 valence electrons. The average molecular weight is 396 g/mol. The number of rotatable bonds is 3. The number of aryl methyl sites for hydroxylation is 1. The molecular weight excluding hydrogens is 382 g/mol. The number of hydrogen-bond acceptors (Lipinski definition) is 5. The van der Waals surface area contributed by atoms with Gasteiger partial charge in [-0.1, -0.05) is 0 Å². The molecule has 0 bridgehead atoms. The lowest BCUT2D eigenvalue weighted by atomic mass is 9.99. The molecule has 3 aromatic rings. The summed E-state index contributed by atoms with van der Waals surface area (Å²) in [4.78, 5) is 30.2. The molecule has 3 heterocycles. The molecule has 8 heteroatoms. The second kappa shape index (κ2) is 6.97. The van der Waals surface area contributed by atoms with Crippen LogP contribution in [0.5, 0.6) is 0 Å². The molecule has 1 fully saturated rings. The molecule has 1 saturated heterocycles. The molecule has 1 aromatic carbocycles. The van der Waals surface area contributed by atoms with Gasteiger partial charge < -0.3 is 9.52 Å². The molecule has 1 aliphatic heterocycles. The Hall–Kier alpha value is -3.81. The van der Waals surface area contributed by atoms with E-state index in [-0.39, 0.29) is 16.9 Å². The van der Waals surface area contributed by atoms with Crippen LogP contribution < -0.4 is 4.90 Å². The minimum absolute atomic E-state index is 0.126. The number of benzene rings is 1. The fourth-order valence-electron chi connectivity index (χ4n) is 3.29. The number of hydrogen-bond donors (Lipinski definition) is 1. The summed E-state index contributed by atoms with van der Waals surface area (Å²) in [6.07, 6.45) is 2.81. The summed E-state index contributed by atoms with van der Waals surface area (Å²) in [6, 6.07) is 7.32. The number of ketones is 1. The second-order valence-corrected chi connectivity index (χ2v) is 6.45. The van der Waals surface area contributed by atoms with E-state index in [2.05, 4.69) is 4.98 Å². The number of aromatic nitrogens is 1. The summed E-state index contributed by atoms with van der Waals surface area (Å²) in [5.41, 5.74) is -0.481. The van der Waals surface area contributed by atoms with Crippen LogP contribution in [0.4, 0.5) is 14.5 Å². The number of carbonyl (C=O) groups excluding carboxylic acids is 2. The van der Waals surface area contributed by atoms with Gasteiger partial charge in [-0.3, -0.25) is 19.5 Å². The van der Waals surface area contributed by atoms with Crippen molar-refractivity contribution in [2.45, 2.75) is 13.0 Å². The maximum absolute atomic E-state index is 14.5. The summed E-state index contributed by atoms with van der Waals surface area (Å²) < 4.78 is 33.9. The van der Waals surface area contributed by atoms with Crippen LogP contribution in [0.25, 0.3) is 5.76 Å². The summed E-state index contributed by atoms with van der Waals surface area (Å²) >= 11 is 0. The van der Waals surface area contributed by atoms with Gasteiger partial charge in [0.25, 0.3) is 11.7 Å². The normalized spacial score (nSPS) is 18.4. The average Bonchev–Trinajstić information content (AvgIpc) is 3.25. The van der Waals surface area contributed by atoms with Crippen LogP contribution in [0, 0.1) is 18.6 Å². The summed E-state index contributed by atoms with van der Waals surface area (Å²) in [6.45, 7) is 1.65. The number of amides is 1. The van der Waals surface area contributed by atoms with Crippen molar-refractivity contribution >= 4 is 23.1 Å². The predicted octanol–water partition coefficient (Wildman–Crippen LogP) is 3.89. The maximum Gasteiger partial charge on any atom is 0.300 e. The Bertz CT molecular complexity index is 1150. The van der Waals surface area contributed by atoms with Crippen molar-refractivity contribution < 1.29 is 27.9 Å². The van der Waals surface area contributed by atoms with E-state index in [1.165, 1.54) is 30.6 Å². The van der Waals surface area contributed by atoms with Crippen molar-refractivity contribution in [1.29, 1.82) is 0 Å². The van der Waals surface area contributed by atoms with Crippen LogP contribution in [0.3, 0.4) is 0 Å². The van der Waals surface area contributed by atoms with Gasteiger partial charge in [0.1, 0.15) is 35.0 Å². The number of anilines is 1. The number of pyridine rings is 1. The highest BCUT2D eigenvalue weighted by atomic mass is 19.1. The van der Waals surface area contributed by atoms with Crippen molar-refractivity contribution in [2.24, 2.45) is 0 Å². The summed E-state index contributed by atoms with van der Waals surface area (Å²) in [5.74, 6) is -3.69. The highest BCUT2D eigenvalue weighted by Crippen LogP contribution is 2.43. The first-order valence-corrected chi connectivity index (χ1v) is 8.61. The Morgan fingerprint density at radius 2 is 1.83 bits per heavy atom. The molecule has 1 aliphatic rings. The third-order valence-corrected chi connectivity index (χ3v) is 4.60. The predicted molar refractivity (Wildman–Crippen MR) is 98.8 cm³/mol. The minimum Gasteiger partial charge on any atom is -0.507 e. The Morgan fingerprint density at radius 3 is 2.48 bits per heavy atom. The molecule has 1 atom stereocenters. The molecule has 1 amide bonds. The molecule has 29 heavy (non-hydrogen) atoms. The van der Waals surface area contributed by atoms with E-state index in [4.69, 9.17) is 4.42 Å². The van der Waals surface area contributed by atoms with E-state index in [1.807, 2.05) is 0 Å². The largest absolute Gasteiger partial charge is 0.507 e. The lowest BCUT2D eigenvalue weighted by Crippen LogP contribution is -2.30. The van der Waals surface area contributed by atoms with Gasteiger partial charge in [-0.05, 0) is 43.3 Å². The number of carbonyl (C=O) groups is 2. The Kier molecular flexibility index (Phi) is 4.46. The first-order valence-electron chi connectivity index (χ1n) is 8.61. The molecule has 0 spiro atoms. The molecule has 4 rings (SSSR count). The highest BCUT2D eigenvalue weighted by Gasteiger charge is 2.49. The number of aliphatic hydroxyl groups excluding tert-OH is 1. The third kappa shape index (κ3) is 3.08. The van der Waals surface area contributed by atoms with Crippen molar-refractivity contribution in [3.05, 3.63) is 89.1 Å². The third-order valence-electron chi connectivity index (χ3n) is 4.60. The second-order valence-electron chi connectivity index (χ2n) is 6.45. The van der Waals surface area contributed by atoms with Crippen LogP contribution >= 0.6 is 0 Å². The molecule has 6 nitrogen and oxygen atoms in total. The van der Waals surface area contributed by atoms with E-state index in [9.17, 15) is 23.5 Å². The van der Waals surface area contributed by atoms with Crippen molar-refractivity contribution in [2.75, 3.05) is 4.90 Å². The number of halogens is 2. The van der Waals surface area contributed by atoms with Gasteiger partial charge in [0.2, 0.25) is 0 Å². The van der Waals surface area contributed by atoms with Gasteiger partial charge >= 0.3 is 0 Å². The van der Waals surface area contributed by atoms with E-state index in [0.717, 1.165) is 23.1 Å². The van der Waals surface area contributed by atoms with Crippen molar-refractivity contribution in [3.8, 4) is 0 Å². The first-order chi connectivity index (χ1) is 13.9. The number of furan rings is 1. The topological polar surface area (TPSA) is 83.6 Å². The van der Waals surface area contributed by atoms with Gasteiger partial charge in [-0.15, -0.1) is 0 Å². The molecule has 0 radical (unpaired) electrons. The van der Waals surface area contributed by atoms with Gasteiger partial charge in [-0.25, -0.2) is 8.78 Å². The van der Waals surface area contributed by atoms with E-state index >= 15 is 0 Å². The number of Topliss-reactive ketones (excluding diaryl/α,β-unsaturated/α-hetero) is 1. The van der Waals surface area contributed by atoms with Crippen LogP contribution in [-0.4, -0.2) is 21.8 Å². The van der Waals surface area contributed by atoms with Gasteiger partial charge in [0.15, 0.2) is 0 Å². The van der Waals surface area contributed by atoms with E-state index in [1.54, 1.807) is 13.0 Å². The van der Waals surface area contributed by atoms with Gasteiger partial charge in [0.05, 0.1) is 11.3 Å². The minimum atomic E-state index is -1.27. The SMILES string of the molecule is Cc1ccc(C2/C(=C(/O)c3ccncc3)C(=O)C(=O)N2c2cc(F)ccc2F)o1. The fourth-order valence-corrected chi connectivity index (χ4v) is 3.29. The lowest BCUT2D eigenvalue weighted by molar-refractivity contribution is -0.132. The number of nitrogens with zero attached hydrogens (tertiary/aromatic N) is 2. The van der Waals surface area contributed by atoms with Crippen molar-refractivity contribution in [3.63, 3.8) is 0 Å². The van der Waals surface area contributed by atoms with Crippen LogP contribution in [-0.2, 0) is 9.59 Å². The molecule has 1 unspecified atom stereocenters. The zero-order chi connectivity index (χ0) is 20.7. The Labute approximate surface area is 163 Å². The molecule has 1 N–H and O–H groups in total. The summed E-state index contributed by atoms with van der Waals surface area (Å²) in [5, 5.41) is 10.8. The molecular formula is C21H14F2N2O4. The number of aliphatic hydroxyl groups is 1. The molecule has 2 aromatic heterocycles. The summed E-state index contributed by atoms with van der Waals surface area (Å²) in [7, 11) is 0. The van der Waals surface area contributed by atoms with Crippen LogP contribution in [0.2, 0.25) is 0 Å². The van der Waals surface area contributed by atoms with Crippen molar-refractivity contribution in [1.82, 2.24) is 4.98 Å².